The first-order valence-electron chi connectivity index (χ1n) is 16.6. The van der Waals surface area contributed by atoms with Gasteiger partial charge in [0.2, 0.25) is 0 Å². The zero-order valence-electron chi connectivity index (χ0n) is 26.9. The van der Waals surface area contributed by atoms with Crippen LogP contribution in [-0.4, -0.2) is 134 Å². The van der Waals surface area contributed by atoms with Gasteiger partial charge in [0, 0.05) is 38.4 Å². The van der Waals surface area contributed by atoms with Gasteiger partial charge < -0.3 is 4.74 Å². The number of unbranched alkanes of at least 4 members (excludes halogenated alkanes) is 15. The van der Waals surface area contributed by atoms with Crippen molar-refractivity contribution in [3.8, 4) is 5.75 Å². The first kappa shape index (κ1) is 48.5. The molecule has 0 aliphatic heterocycles. The van der Waals surface area contributed by atoms with Crippen LogP contribution in [0.25, 0.3) is 32.3 Å². The van der Waals surface area contributed by atoms with E-state index in [1.165, 1.54) is 107 Å². The van der Waals surface area contributed by atoms with E-state index in [0.29, 0.717) is 17.9 Å². The van der Waals surface area contributed by atoms with Crippen LogP contribution in [0.4, 0.5) is 0 Å². The fraction of sp³-hybridized carbons (Fsp3) is 0.529. The Bertz CT molecular complexity index is 1950. The van der Waals surface area contributed by atoms with Crippen molar-refractivity contribution in [2.45, 2.75) is 124 Å². The normalized spacial score (nSPS) is 12.2. The molecule has 10 nitrogen and oxygen atoms in total. The molecule has 4 aromatic carbocycles. The quantitative estimate of drug-likeness (QED) is 0.0345. The van der Waals surface area contributed by atoms with Crippen molar-refractivity contribution < 1.29 is 43.6 Å². The molecule has 0 amide bonds. The van der Waals surface area contributed by atoms with Gasteiger partial charge in [-0.2, -0.15) is 25.3 Å². The fourth-order valence-corrected chi connectivity index (χ4v) is 8.67. The Morgan fingerprint density at radius 2 is 0.760 bits per heavy atom. The summed E-state index contributed by atoms with van der Waals surface area (Å²) in [6.07, 6.45) is 19.5. The molecule has 0 aliphatic rings. The minimum absolute atomic E-state index is 0. The van der Waals surface area contributed by atoms with E-state index in [4.69, 9.17) is 4.74 Å². The summed E-state index contributed by atoms with van der Waals surface area (Å²) in [5.74, 6) is 0.103. The molecular formula is C34H49Na3O10S3. The van der Waals surface area contributed by atoms with Gasteiger partial charge in [0.15, 0.2) is 0 Å². The molecule has 3 N–H and O–H groups in total. The molecule has 0 fully saturated rings. The Balaban J connectivity index is 0.00000417. The van der Waals surface area contributed by atoms with Crippen molar-refractivity contribution in [3.63, 3.8) is 0 Å². The van der Waals surface area contributed by atoms with Crippen LogP contribution in [0.5, 0.6) is 5.75 Å². The van der Waals surface area contributed by atoms with Crippen LogP contribution in [0.2, 0.25) is 0 Å². The number of ether oxygens (including phenoxy) is 1. The molecule has 0 aliphatic carbocycles. The van der Waals surface area contributed by atoms with Crippen molar-refractivity contribution >= 4 is 151 Å². The predicted octanol–water partition coefficient (Wildman–Crippen LogP) is 7.02. The van der Waals surface area contributed by atoms with Crippen LogP contribution in [0.15, 0.2) is 51.1 Å². The maximum absolute atomic E-state index is 12.4. The summed E-state index contributed by atoms with van der Waals surface area (Å²) in [5, 5.41) is 0.224. The summed E-state index contributed by atoms with van der Waals surface area (Å²) in [4.78, 5) is -2.06. The Kier molecular flexibility index (Phi) is 21.4. The molecule has 0 atom stereocenters. The average molecular weight is 783 g/mol. The standard InChI is InChI=1S/C34H46O10S3.3Na.3H/c1-2-3-4-5-6-7-8-9-10-11-12-13-14-15-16-17-22-44-29-23-30(45(35,36)37)26-20-21-28-32(47(41,42)43)24-31(46(38,39)40)27-19-18-25(29)33(26)34(27)28;;;;;;/h18-21,23-24H,2-17,22H2,1H3,(H,35,36,37)(H,38,39,40)(H,41,42,43);;;;;;. The van der Waals surface area contributed by atoms with Gasteiger partial charge in [-0.1, -0.05) is 121 Å². The van der Waals surface area contributed by atoms with Crippen LogP contribution in [-0.2, 0) is 30.4 Å². The summed E-state index contributed by atoms with van der Waals surface area (Å²) < 4.78 is 110. The topological polar surface area (TPSA) is 172 Å². The second-order valence-electron chi connectivity index (χ2n) is 12.4. The van der Waals surface area contributed by atoms with Gasteiger partial charge in [0.25, 0.3) is 30.4 Å². The molecule has 0 radical (unpaired) electrons. The molecule has 0 saturated heterocycles. The molecule has 0 aromatic heterocycles. The predicted molar refractivity (Wildman–Crippen MR) is 206 cm³/mol. The molecule has 4 rings (SSSR count). The third-order valence-corrected chi connectivity index (χ3v) is 11.5. The second kappa shape index (κ2) is 22.1. The number of rotatable bonds is 21. The van der Waals surface area contributed by atoms with Gasteiger partial charge in [-0.05, 0) is 18.6 Å². The van der Waals surface area contributed by atoms with E-state index in [1.807, 2.05) is 0 Å². The molecule has 0 saturated carbocycles. The van der Waals surface area contributed by atoms with Crippen LogP contribution in [0.1, 0.15) is 110 Å². The van der Waals surface area contributed by atoms with Gasteiger partial charge in [-0.3, -0.25) is 13.7 Å². The Morgan fingerprint density at radius 3 is 1.12 bits per heavy atom. The molecule has 0 unspecified atom stereocenters. The Morgan fingerprint density at radius 1 is 0.460 bits per heavy atom. The summed E-state index contributed by atoms with van der Waals surface area (Å²) in [7, 11) is -14.8. The Hall–Kier alpha value is 0.450. The minimum atomic E-state index is -4.97. The molecule has 0 spiro atoms. The monoisotopic (exact) mass is 782 g/mol. The summed E-state index contributed by atoms with van der Waals surface area (Å²) in [5.41, 5.74) is 0. The maximum atomic E-state index is 12.4. The number of hydrogen-bond donors (Lipinski definition) is 3. The third-order valence-electron chi connectivity index (χ3n) is 8.84. The van der Waals surface area contributed by atoms with E-state index in [1.54, 1.807) is 0 Å². The number of benzene rings is 4. The van der Waals surface area contributed by atoms with E-state index in [0.717, 1.165) is 19.3 Å². The van der Waals surface area contributed by atoms with Crippen LogP contribution in [0.3, 0.4) is 0 Å². The summed E-state index contributed by atoms with van der Waals surface area (Å²) >= 11 is 0. The molecule has 50 heavy (non-hydrogen) atoms. The first-order valence-corrected chi connectivity index (χ1v) is 20.9. The van der Waals surface area contributed by atoms with Gasteiger partial charge in [0.1, 0.15) is 20.4 Å². The van der Waals surface area contributed by atoms with Crippen molar-refractivity contribution in [1.29, 1.82) is 0 Å². The van der Waals surface area contributed by atoms with E-state index >= 15 is 0 Å². The van der Waals surface area contributed by atoms with Crippen LogP contribution >= 0.6 is 0 Å². The van der Waals surface area contributed by atoms with E-state index in [2.05, 4.69) is 6.92 Å². The molecule has 16 heteroatoms. The molecule has 266 valence electrons. The van der Waals surface area contributed by atoms with E-state index in [-0.39, 0.29) is 128 Å². The van der Waals surface area contributed by atoms with Crippen LogP contribution in [0, 0.1) is 0 Å². The number of hydrogen-bond acceptors (Lipinski definition) is 7. The van der Waals surface area contributed by atoms with Crippen molar-refractivity contribution in [3.05, 3.63) is 36.4 Å². The van der Waals surface area contributed by atoms with Crippen molar-refractivity contribution in [2.24, 2.45) is 0 Å². The van der Waals surface area contributed by atoms with E-state index in [9.17, 15) is 38.9 Å². The molecule has 0 heterocycles. The molecule has 4 aromatic rings. The Labute approximate surface area is 363 Å². The summed E-state index contributed by atoms with van der Waals surface area (Å²) in [6.45, 7) is 2.49. The zero-order valence-corrected chi connectivity index (χ0v) is 29.4. The third kappa shape index (κ3) is 13.0. The van der Waals surface area contributed by atoms with Crippen molar-refractivity contribution in [2.75, 3.05) is 6.61 Å². The second-order valence-corrected chi connectivity index (χ2v) is 16.6. The van der Waals surface area contributed by atoms with Gasteiger partial charge in [-0.15, -0.1) is 0 Å². The molecular weight excluding hydrogens is 734 g/mol. The van der Waals surface area contributed by atoms with Gasteiger partial charge >= 0.3 is 88.7 Å². The SMILES string of the molecule is CCCCCCCCCCCCCCCCCCOc1cc(S(=O)(=O)O)c2ccc3c(S(=O)(=O)O)cc(S(=O)(=O)O)c4ccc1c2c43.[NaH].[NaH].[NaH]. The first-order chi connectivity index (χ1) is 22.2. The summed E-state index contributed by atoms with van der Waals surface area (Å²) in [6, 6.07) is 7.18. The van der Waals surface area contributed by atoms with Gasteiger partial charge in [-0.25, -0.2) is 0 Å². The van der Waals surface area contributed by atoms with E-state index < -0.39 is 45.0 Å². The molecule has 0 bridgehead atoms. The fourth-order valence-electron chi connectivity index (χ4n) is 6.46. The zero-order chi connectivity index (χ0) is 34.2. The average Bonchev–Trinajstić information content (AvgIpc) is 2.99. The van der Waals surface area contributed by atoms with Crippen LogP contribution < -0.4 is 4.74 Å². The van der Waals surface area contributed by atoms with Gasteiger partial charge in [0.05, 0.1) is 6.61 Å². The van der Waals surface area contributed by atoms with Crippen molar-refractivity contribution in [1.82, 2.24) is 0 Å².